The number of aromatic nitrogens is 2. The highest BCUT2D eigenvalue weighted by molar-refractivity contribution is 5.99. The van der Waals surface area contributed by atoms with E-state index in [1.165, 1.54) is 0 Å². The van der Waals surface area contributed by atoms with Gasteiger partial charge in [0, 0.05) is 22.1 Å². The van der Waals surface area contributed by atoms with Crippen molar-refractivity contribution in [3.8, 4) is 17.0 Å². The molecule has 0 saturated carbocycles. The largest absolute Gasteiger partial charge is 1.00 e. The van der Waals surface area contributed by atoms with Gasteiger partial charge in [-0.3, -0.25) is 4.79 Å². The van der Waals surface area contributed by atoms with Gasteiger partial charge in [-0.15, -0.1) is 0 Å². The molecule has 4 nitrogen and oxygen atoms in total. The molecule has 0 radical (unpaired) electrons. The van der Waals surface area contributed by atoms with Gasteiger partial charge >= 0.3 is 0 Å². The van der Waals surface area contributed by atoms with E-state index < -0.39 is 6.04 Å². The van der Waals surface area contributed by atoms with Crippen molar-refractivity contribution < 1.29 is 30.8 Å². The van der Waals surface area contributed by atoms with Gasteiger partial charge in [-0.05, 0) is 36.4 Å². The van der Waals surface area contributed by atoms with Crippen LogP contribution in [0, 0.1) is 0 Å². The van der Waals surface area contributed by atoms with E-state index in [0.29, 0.717) is 5.56 Å². The van der Waals surface area contributed by atoms with Crippen molar-refractivity contribution in [3.05, 3.63) is 145 Å². The van der Waals surface area contributed by atoms with Crippen LogP contribution in [0.25, 0.3) is 28.0 Å². The van der Waals surface area contributed by atoms with Gasteiger partial charge in [0.25, 0.3) is 0 Å². The fourth-order valence-corrected chi connectivity index (χ4v) is 4.45. The first-order valence-corrected chi connectivity index (χ1v) is 11.6. The quantitative estimate of drug-likeness (QED) is 0.241. The van der Waals surface area contributed by atoms with Crippen LogP contribution in [0.2, 0.25) is 0 Å². The standard InChI is InChI=1S/C31H23N2O2.BrH/c34-31(25-11-5-2-6-12-25)30(24-9-3-1-4-10-24)33-20-19-32(22-33)27-17-15-23(16-18-27)29-21-26-13-7-8-14-28(26)35-29;/h1-22,30H;1H/q+1;/p-1. The number of carbonyl (C=O) groups excluding carboxylic acids is 1. The maximum Gasteiger partial charge on any atom is 0.249 e. The van der Waals surface area contributed by atoms with Gasteiger partial charge in [-0.25, -0.2) is 9.13 Å². The Balaban J connectivity index is 0.00000267. The molecule has 2 aromatic heterocycles. The molecule has 0 spiro atoms. The molecule has 36 heavy (non-hydrogen) atoms. The number of para-hydroxylation sites is 1. The van der Waals surface area contributed by atoms with Crippen molar-refractivity contribution >= 4 is 16.8 Å². The Labute approximate surface area is 219 Å². The van der Waals surface area contributed by atoms with Crippen molar-refractivity contribution in [3.63, 3.8) is 0 Å². The fraction of sp³-hybridized carbons (Fsp3) is 0.0323. The summed E-state index contributed by atoms with van der Waals surface area (Å²) in [6.45, 7) is 0. The van der Waals surface area contributed by atoms with Gasteiger partial charge in [-0.2, -0.15) is 0 Å². The van der Waals surface area contributed by atoms with Crippen molar-refractivity contribution in [1.82, 2.24) is 4.57 Å². The predicted octanol–water partition coefficient (Wildman–Crippen LogP) is 3.65. The summed E-state index contributed by atoms with van der Waals surface area (Å²) in [5.41, 5.74) is 4.54. The zero-order valence-electron chi connectivity index (χ0n) is 19.4. The first-order valence-electron chi connectivity index (χ1n) is 11.6. The fourth-order valence-electron chi connectivity index (χ4n) is 4.45. The monoisotopic (exact) mass is 534 g/mol. The van der Waals surface area contributed by atoms with Crippen molar-refractivity contribution in [2.45, 2.75) is 6.04 Å². The minimum absolute atomic E-state index is 0. The number of halogens is 1. The van der Waals surface area contributed by atoms with Crippen LogP contribution in [-0.4, -0.2) is 10.4 Å². The molecular weight excluding hydrogens is 512 g/mol. The third-order valence-corrected chi connectivity index (χ3v) is 6.25. The van der Waals surface area contributed by atoms with Crippen molar-refractivity contribution in [2.75, 3.05) is 0 Å². The number of ketones is 1. The number of benzene rings is 4. The van der Waals surface area contributed by atoms with E-state index in [9.17, 15) is 4.79 Å². The van der Waals surface area contributed by atoms with Crippen molar-refractivity contribution in [1.29, 1.82) is 0 Å². The molecule has 4 aromatic carbocycles. The third kappa shape index (κ3) is 4.53. The van der Waals surface area contributed by atoms with Gasteiger partial charge in [-0.1, -0.05) is 78.9 Å². The van der Waals surface area contributed by atoms with Gasteiger partial charge in [0.1, 0.15) is 29.4 Å². The molecule has 1 atom stereocenters. The maximum atomic E-state index is 13.5. The lowest BCUT2D eigenvalue weighted by Crippen LogP contribution is -3.00. The number of furan rings is 1. The number of imidazole rings is 1. The molecule has 0 saturated heterocycles. The third-order valence-electron chi connectivity index (χ3n) is 6.25. The molecule has 0 bridgehead atoms. The molecule has 0 fully saturated rings. The van der Waals surface area contributed by atoms with E-state index in [1.807, 2.05) is 107 Å². The summed E-state index contributed by atoms with van der Waals surface area (Å²) in [5, 5.41) is 1.09. The molecule has 0 N–H and O–H groups in total. The summed E-state index contributed by atoms with van der Waals surface area (Å²) >= 11 is 0. The summed E-state index contributed by atoms with van der Waals surface area (Å²) in [6, 6.07) is 37.2. The molecule has 6 aromatic rings. The van der Waals surface area contributed by atoms with Gasteiger partial charge in [0.2, 0.25) is 12.1 Å². The minimum Gasteiger partial charge on any atom is -1.00 e. The average molecular weight is 535 g/mol. The number of rotatable bonds is 6. The zero-order valence-corrected chi connectivity index (χ0v) is 21.0. The van der Waals surface area contributed by atoms with E-state index >= 15 is 0 Å². The Morgan fingerprint density at radius 2 is 1.44 bits per heavy atom. The Hall–Kier alpha value is -4.22. The maximum absolute atomic E-state index is 13.5. The lowest BCUT2D eigenvalue weighted by Gasteiger charge is -2.13. The molecule has 0 aliphatic rings. The van der Waals surface area contributed by atoms with Gasteiger partial charge < -0.3 is 21.4 Å². The van der Waals surface area contributed by atoms with Crippen LogP contribution in [0.4, 0.5) is 0 Å². The molecule has 0 aliphatic heterocycles. The van der Waals surface area contributed by atoms with Crippen LogP contribution in [0.3, 0.4) is 0 Å². The zero-order chi connectivity index (χ0) is 23.6. The van der Waals surface area contributed by atoms with Crippen LogP contribution in [-0.2, 0) is 0 Å². The molecule has 2 heterocycles. The molecule has 1 unspecified atom stereocenters. The Morgan fingerprint density at radius 1 is 0.778 bits per heavy atom. The number of hydrogen-bond donors (Lipinski definition) is 0. The number of hydrogen-bond acceptors (Lipinski definition) is 2. The normalized spacial score (nSPS) is 11.7. The molecule has 0 amide bonds. The first kappa shape index (κ1) is 23.5. The summed E-state index contributed by atoms with van der Waals surface area (Å²) in [4.78, 5) is 13.5. The summed E-state index contributed by atoms with van der Waals surface area (Å²) in [5.74, 6) is 0.901. The van der Waals surface area contributed by atoms with Gasteiger partial charge in [0.15, 0.2) is 6.04 Å². The van der Waals surface area contributed by atoms with Crippen LogP contribution in [0.1, 0.15) is 22.0 Å². The predicted molar refractivity (Wildman–Crippen MR) is 137 cm³/mol. The molecule has 5 heteroatoms. The highest BCUT2D eigenvalue weighted by Gasteiger charge is 2.28. The highest BCUT2D eigenvalue weighted by atomic mass is 79.9. The number of carbonyl (C=O) groups is 1. The topological polar surface area (TPSA) is 39.0 Å². The Bertz CT molecular complexity index is 1570. The van der Waals surface area contributed by atoms with Gasteiger partial charge in [0.05, 0.1) is 0 Å². The second-order valence-electron chi connectivity index (χ2n) is 8.51. The van der Waals surface area contributed by atoms with E-state index in [4.69, 9.17) is 4.42 Å². The van der Waals surface area contributed by atoms with E-state index in [-0.39, 0.29) is 22.8 Å². The lowest BCUT2D eigenvalue weighted by molar-refractivity contribution is -0.698. The van der Waals surface area contributed by atoms with E-state index in [1.54, 1.807) is 0 Å². The minimum atomic E-state index is -0.449. The number of Topliss-reactive ketones (excluding diaryl/α,β-unsaturated/α-hetero) is 1. The highest BCUT2D eigenvalue weighted by Crippen LogP contribution is 2.28. The number of nitrogens with zero attached hydrogens (tertiary/aromatic N) is 2. The molecule has 176 valence electrons. The summed E-state index contributed by atoms with van der Waals surface area (Å²) < 4.78 is 10.00. The molecular formula is C31H23BrN2O2. The van der Waals surface area contributed by atoms with E-state index in [2.05, 4.69) is 36.4 Å². The second kappa shape index (κ2) is 10.2. The SMILES string of the molecule is O=C(c1ccccc1)C(c1ccccc1)[n+]1ccn(-c2ccc(-c3cc4ccccc4o3)cc2)c1.[Br-]. The first-order chi connectivity index (χ1) is 17.3. The lowest BCUT2D eigenvalue weighted by atomic mass is 9.97. The van der Waals surface area contributed by atoms with Crippen LogP contribution in [0.15, 0.2) is 138 Å². The van der Waals surface area contributed by atoms with Crippen LogP contribution in [0.5, 0.6) is 0 Å². The smallest absolute Gasteiger partial charge is 0.249 e. The second-order valence-corrected chi connectivity index (χ2v) is 8.51. The van der Waals surface area contributed by atoms with Crippen LogP contribution >= 0.6 is 0 Å². The summed E-state index contributed by atoms with van der Waals surface area (Å²) in [7, 11) is 0. The Kier molecular flexibility index (Phi) is 6.65. The molecule has 6 rings (SSSR count). The number of fused-ring (bicyclic) bond motifs is 1. The summed E-state index contributed by atoms with van der Waals surface area (Å²) in [6.07, 6.45) is 5.89. The van der Waals surface area contributed by atoms with Crippen LogP contribution < -0.4 is 21.5 Å². The van der Waals surface area contributed by atoms with Crippen molar-refractivity contribution in [2.24, 2.45) is 0 Å². The van der Waals surface area contributed by atoms with E-state index in [0.717, 1.165) is 33.5 Å². The Morgan fingerprint density at radius 3 is 2.17 bits per heavy atom. The average Bonchev–Trinajstić information content (AvgIpc) is 3.58. The molecule has 0 aliphatic carbocycles.